The predicted octanol–water partition coefficient (Wildman–Crippen LogP) is 9.66. The van der Waals surface area contributed by atoms with Gasteiger partial charge in [0.25, 0.3) is 0 Å². The van der Waals surface area contributed by atoms with Gasteiger partial charge in [0.1, 0.15) is 0 Å². The van der Waals surface area contributed by atoms with E-state index in [0.29, 0.717) is 0 Å². The number of rotatable bonds is 3. The lowest BCUT2D eigenvalue weighted by Gasteiger charge is -2.44. The summed E-state index contributed by atoms with van der Waals surface area (Å²) in [6, 6.07) is 58.4. The Labute approximate surface area is 246 Å². The molecular formula is C40H28N2. The molecule has 6 aromatic carbocycles. The first-order chi connectivity index (χ1) is 20.9. The first-order valence-corrected chi connectivity index (χ1v) is 14.4. The minimum Gasteiger partial charge on any atom is -0.353 e. The van der Waals surface area contributed by atoms with Crippen LogP contribution in [0.5, 0.6) is 0 Å². The predicted molar refractivity (Wildman–Crippen MR) is 174 cm³/mol. The van der Waals surface area contributed by atoms with Crippen molar-refractivity contribution >= 4 is 22.7 Å². The Balaban J connectivity index is 1.61. The fourth-order valence-corrected chi connectivity index (χ4v) is 6.77. The van der Waals surface area contributed by atoms with E-state index in [0.717, 1.165) is 45.0 Å². The lowest BCUT2D eigenvalue weighted by molar-refractivity contribution is 0.815. The van der Waals surface area contributed by atoms with Gasteiger partial charge in [0, 0.05) is 22.4 Å². The normalized spacial score (nSPS) is 14.6. The summed E-state index contributed by atoms with van der Waals surface area (Å²) in [5.74, 6) is 0. The van der Waals surface area contributed by atoms with Crippen LogP contribution in [0.15, 0.2) is 174 Å². The molecule has 2 aliphatic rings. The summed E-state index contributed by atoms with van der Waals surface area (Å²) in [6.45, 7) is 0. The average molecular weight is 537 g/mol. The molecule has 198 valence electrons. The Morgan fingerprint density at radius 3 is 1.67 bits per heavy atom. The number of benzene rings is 6. The summed E-state index contributed by atoms with van der Waals surface area (Å²) in [5.41, 5.74) is 12.7. The molecule has 8 rings (SSSR count). The van der Waals surface area contributed by atoms with Crippen LogP contribution < -0.4 is 5.32 Å². The van der Waals surface area contributed by atoms with E-state index in [4.69, 9.17) is 4.99 Å². The molecule has 42 heavy (non-hydrogen) atoms. The van der Waals surface area contributed by atoms with Crippen LogP contribution in [0.4, 0.5) is 11.4 Å². The second kappa shape index (κ2) is 9.87. The molecule has 1 N–H and O–H groups in total. The maximum Gasteiger partial charge on any atom is 0.0901 e. The van der Waals surface area contributed by atoms with E-state index >= 15 is 0 Å². The van der Waals surface area contributed by atoms with Gasteiger partial charge >= 0.3 is 0 Å². The Hall–Kier alpha value is -5.47. The smallest absolute Gasteiger partial charge is 0.0901 e. The number of para-hydroxylation sites is 2. The van der Waals surface area contributed by atoms with Crippen molar-refractivity contribution in [1.29, 1.82) is 0 Å². The van der Waals surface area contributed by atoms with Crippen LogP contribution >= 0.6 is 0 Å². The van der Waals surface area contributed by atoms with Crippen LogP contribution in [-0.4, -0.2) is 5.71 Å². The van der Waals surface area contributed by atoms with E-state index in [1.807, 2.05) is 0 Å². The van der Waals surface area contributed by atoms with E-state index in [-0.39, 0.29) is 0 Å². The number of anilines is 1. The molecule has 1 aliphatic heterocycles. The number of hydrogen-bond donors (Lipinski definition) is 1. The molecule has 0 spiro atoms. The number of fused-ring (bicyclic) bond motifs is 5. The zero-order valence-electron chi connectivity index (χ0n) is 23.0. The molecular weight excluding hydrogens is 508 g/mol. The van der Waals surface area contributed by atoms with Crippen molar-refractivity contribution in [2.24, 2.45) is 4.99 Å². The number of allylic oxidation sites excluding steroid dienone is 1. The molecule has 2 nitrogen and oxygen atoms in total. The van der Waals surface area contributed by atoms with E-state index in [2.05, 4.69) is 169 Å². The largest absolute Gasteiger partial charge is 0.353 e. The SMILES string of the molecule is c1ccc(C2=C3Nc4ccccc4-c4ccccc4N=C3C(c3ccccc3)(c3ccccc3)c3ccccc32)cc1. The Bertz CT molecular complexity index is 1950. The minimum absolute atomic E-state index is 0.668. The maximum atomic E-state index is 5.70. The molecule has 0 amide bonds. The molecule has 0 radical (unpaired) electrons. The summed E-state index contributed by atoms with van der Waals surface area (Å²) in [5, 5.41) is 3.97. The standard InChI is InChI=1S/C40H28N2/c1-4-16-28(17-5-1)37-33-24-10-13-25-34(33)40(29-18-6-2-7-19-29,30-20-8-3-9-21-30)39-38(37)41-35-26-14-11-22-31(35)32-23-12-15-27-36(32)42-39/h1-27,41H. The number of nitrogens with zero attached hydrogens (tertiary/aromatic N) is 1. The molecule has 0 saturated heterocycles. The highest BCUT2D eigenvalue weighted by Crippen LogP contribution is 2.53. The van der Waals surface area contributed by atoms with Gasteiger partial charge in [-0.3, -0.25) is 0 Å². The summed E-state index contributed by atoms with van der Waals surface area (Å²) in [7, 11) is 0. The quantitative estimate of drug-likeness (QED) is 0.239. The summed E-state index contributed by atoms with van der Waals surface area (Å²) >= 11 is 0. The summed E-state index contributed by atoms with van der Waals surface area (Å²) in [4.78, 5) is 5.70. The molecule has 0 fully saturated rings. The van der Waals surface area contributed by atoms with Crippen LogP contribution in [0, 0.1) is 0 Å². The van der Waals surface area contributed by atoms with Gasteiger partial charge in [-0.15, -0.1) is 0 Å². The number of hydrogen-bond acceptors (Lipinski definition) is 2. The van der Waals surface area contributed by atoms with Gasteiger partial charge < -0.3 is 5.32 Å². The van der Waals surface area contributed by atoms with E-state index < -0.39 is 5.41 Å². The highest BCUT2D eigenvalue weighted by atomic mass is 15.0. The monoisotopic (exact) mass is 536 g/mol. The van der Waals surface area contributed by atoms with Gasteiger partial charge in [0.2, 0.25) is 0 Å². The van der Waals surface area contributed by atoms with Crippen molar-refractivity contribution in [3.63, 3.8) is 0 Å². The van der Waals surface area contributed by atoms with Crippen molar-refractivity contribution in [1.82, 2.24) is 0 Å². The van der Waals surface area contributed by atoms with Gasteiger partial charge in [0.15, 0.2) is 0 Å². The topological polar surface area (TPSA) is 24.4 Å². The lowest BCUT2D eigenvalue weighted by atomic mass is 9.60. The minimum atomic E-state index is -0.668. The van der Waals surface area contributed by atoms with E-state index in [9.17, 15) is 0 Å². The molecule has 0 atom stereocenters. The van der Waals surface area contributed by atoms with E-state index in [1.54, 1.807) is 0 Å². The Morgan fingerprint density at radius 2 is 0.976 bits per heavy atom. The first-order valence-electron chi connectivity index (χ1n) is 14.4. The average Bonchev–Trinajstić information content (AvgIpc) is 3.06. The molecule has 0 bridgehead atoms. The second-order valence-corrected chi connectivity index (χ2v) is 10.8. The van der Waals surface area contributed by atoms with Gasteiger partial charge in [-0.2, -0.15) is 0 Å². The highest BCUT2D eigenvalue weighted by molar-refractivity contribution is 6.24. The zero-order valence-corrected chi connectivity index (χ0v) is 23.0. The van der Waals surface area contributed by atoms with E-state index in [1.165, 1.54) is 22.3 Å². The maximum absolute atomic E-state index is 5.70. The van der Waals surface area contributed by atoms with Crippen LogP contribution in [0.1, 0.15) is 27.8 Å². The van der Waals surface area contributed by atoms with Crippen molar-refractivity contribution in [2.75, 3.05) is 5.32 Å². The third-order valence-electron chi connectivity index (χ3n) is 8.53. The molecule has 0 unspecified atom stereocenters. The molecule has 0 saturated carbocycles. The second-order valence-electron chi connectivity index (χ2n) is 10.8. The van der Waals surface area contributed by atoms with Crippen LogP contribution in [0.25, 0.3) is 16.7 Å². The van der Waals surface area contributed by atoms with Crippen molar-refractivity contribution in [3.8, 4) is 11.1 Å². The van der Waals surface area contributed by atoms with Crippen LogP contribution in [-0.2, 0) is 5.41 Å². The van der Waals surface area contributed by atoms with Gasteiger partial charge in [-0.1, -0.05) is 152 Å². The molecule has 1 heterocycles. The van der Waals surface area contributed by atoms with Crippen LogP contribution in [0.2, 0.25) is 0 Å². The van der Waals surface area contributed by atoms with Crippen LogP contribution in [0.3, 0.4) is 0 Å². The Morgan fingerprint density at radius 1 is 0.452 bits per heavy atom. The molecule has 2 heteroatoms. The van der Waals surface area contributed by atoms with Gasteiger partial charge in [0.05, 0.1) is 22.5 Å². The summed E-state index contributed by atoms with van der Waals surface area (Å²) < 4.78 is 0. The fraction of sp³-hybridized carbons (Fsp3) is 0.0250. The highest BCUT2D eigenvalue weighted by Gasteiger charge is 2.49. The van der Waals surface area contributed by atoms with Crippen molar-refractivity contribution in [2.45, 2.75) is 5.41 Å². The molecule has 0 aromatic heterocycles. The van der Waals surface area contributed by atoms with Crippen molar-refractivity contribution in [3.05, 3.63) is 197 Å². The number of aliphatic imine (C=N–C) groups is 1. The lowest BCUT2D eigenvalue weighted by Crippen LogP contribution is -2.45. The summed E-state index contributed by atoms with van der Waals surface area (Å²) in [6.07, 6.45) is 0. The third-order valence-corrected chi connectivity index (χ3v) is 8.53. The Kier molecular flexibility index (Phi) is 5.72. The van der Waals surface area contributed by atoms with Gasteiger partial charge in [-0.25, -0.2) is 4.99 Å². The third kappa shape index (κ3) is 3.62. The zero-order chi connectivity index (χ0) is 27.9. The fourth-order valence-electron chi connectivity index (χ4n) is 6.77. The van der Waals surface area contributed by atoms with Gasteiger partial charge in [-0.05, 0) is 39.9 Å². The molecule has 6 aromatic rings. The molecule has 1 aliphatic carbocycles. The van der Waals surface area contributed by atoms with Crippen molar-refractivity contribution < 1.29 is 0 Å². The first kappa shape index (κ1) is 24.3. The number of nitrogens with one attached hydrogen (secondary N) is 1.